The average molecular weight is 1250 g/mol. The molecule has 30 nitrogen and oxygen atoms in total. The molecule has 0 saturated heterocycles. The fraction of sp³-hybridized carbons (Fsp3) is 0.448. The molecule has 2 unspecified atom stereocenters. The zero-order valence-corrected chi connectivity index (χ0v) is 49.2. The Hall–Kier alpha value is -8.88. The van der Waals surface area contributed by atoms with Crippen LogP contribution in [0.2, 0.25) is 0 Å². The smallest absolute Gasteiger partial charge is 0.355 e. The van der Waals surface area contributed by atoms with Crippen molar-refractivity contribution in [3.8, 4) is 22.8 Å². The Bertz CT molecular complexity index is 3830. The lowest BCUT2D eigenvalue weighted by Crippen LogP contribution is -2.48. The lowest BCUT2D eigenvalue weighted by molar-refractivity contribution is -0.192. The molecule has 4 aromatic heterocycles. The SMILES string of the molecule is C.CC[C@@]1(O)C(=O)OCc2c1cc1n(c2=O)Cc2cc3ccccc3nc2-1.CC[C@@]1(OC(=O)COCCOCCOCCN=[N+]=[N-])C(=O)OCc2c1cc1n(c2=O)Cc2cc3ccccc3nc2-1.[3H]C(P)N=[N+]=[N-].[N-]=[N+]=NCCOCCOCCOCC(=O)O. The van der Waals surface area contributed by atoms with Crippen molar-refractivity contribution in [1.29, 1.82) is 0 Å². The molecule has 2 aromatic carbocycles. The first-order valence-electron chi connectivity index (χ1n) is 28.2. The highest BCUT2D eigenvalue weighted by Crippen LogP contribution is 2.42. The molecule has 0 saturated carbocycles. The van der Waals surface area contributed by atoms with Gasteiger partial charge in [-0.3, -0.25) is 9.59 Å². The average Bonchev–Trinajstić information content (AvgIpc) is 1.43. The molecule has 89 heavy (non-hydrogen) atoms. The first-order valence-corrected chi connectivity index (χ1v) is 28.2. The summed E-state index contributed by atoms with van der Waals surface area (Å²) in [5.74, 6) is -3.22. The van der Waals surface area contributed by atoms with E-state index in [2.05, 4.69) is 30.1 Å². The van der Waals surface area contributed by atoms with E-state index in [1.807, 2.05) is 69.9 Å². The van der Waals surface area contributed by atoms with E-state index in [0.29, 0.717) is 99.7 Å². The number of aromatic nitrogens is 4. The molecule has 8 heterocycles. The van der Waals surface area contributed by atoms with E-state index in [4.69, 9.17) is 75.7 Å². The Kier molecular flexibility index (Phi) is 25.9. The van der Waals surface area contributed by atoms with E-state index < -0.39 is 47.9 Å². The predicted octanol–water partition coefficient (Wildman–Crippen LogP) is 7.27. The van der Waals surface area contributed by atoms with Crippen LogP contribution >= 0.6 is 9.24 Å². The zero-order valence-electron chi connectivity index (χ0n) is 49.1. The Labute approximate surface area is 512 Å². The fourth-order valence-electron chi connectivity index (χ4n) is 9.76. The van der Waals surface area contributed by atoms with Gasteiger partial charge in [0.25, 0.3) is 11.1 Å². The lowest BCUT2D eigenvalue weighted by Gasteiger charge is -2.35. The predicted molar refractivity (Wildman–Crippen MR) is 324 cm³/mol. The van der Waals surface area contributed by atoms with Gasteiger partial charge in [0.15, 0.2) is 5.60 Å². The van der Waals surface area contributed by atoms with E-state index in [0.717, 1.165) is 38.6 Å². The van der Waals surface area contributed by atoms with Gasteiger partial charge in [-0.05, 0) is 65.8 Å². The van der Waals surface area contributed by atoms with Crippen LogP contribution in [0.1, 0.15) is 68.9 Å². The summed E-state index contributed by atoms with van der Waals surface area (Å²) in [6.45, 7) is 6.64. The number of esters is 3. The number of nitrogens with zero attached hydrogens (tertiary/aromatic N) is 13. The van der Waals surface area contributed by atoms with Crippen molar-refractivity contribution >= 4 is 54.9 Å². The Balaban J connectivity index is 0.000000224. The number of carbonyl (C=O) groups excluding carboxylic acids is 3. The van der Waals surface area contributed by atoms with Crippen LogP contribution in [0.3, 0.4) is 0 Å². The number of azide groups is 3. The molecule has 0 bridgehead atoms. The number of hydrogen-bond acceptors (Lipinski definition) is 21. The van der Waals surface area contributed by atoms with E-state index >= 15 is 0 Å². The highest BCUT2D eigenvalue weighted by Gasteiger charge is 2.51. The molecule has 4 aliphatic heterocycles. The topological polar surface area (TPSA) is 408 Å². The van der Waals surface area contributed by atoms with Crippen molar-refractivity contribution in [2.45, 2.75) is 71.6 Å². The van der Waals surface area contributed by atoms with Crippen LogP contribution in [-0.4, -0.2) is 152 Å². The molecule has 2 N–H and O–H groups in total. The number of ether oxygens (including phenoxy) is 9. The summed E-state index contributed by atoms with van der Waals surface area (Å²) >= 11 is 0. The summed E-state index contributed by atoms with van der Waals surface area (Å²) in [7, 11) is 2.02. The molecule has 472 valence electrons. The van der Waals surface area contributed by atoms with Crippen molar-refractivity contribution in [2.24, 2.45) is 15.3 Å². The maximum Gasteiger partial charge on any atom is 0.355 e. The molecular formula is C58H68N13O17P. The van der Waals surface area contributed by atoms with Crippen molar-refractivity contribution in [3.63, 3.8) is 0 Å². The monoisotopic (exact) mass is 1250 g/mol. The number of aliphatic hydroxyl groups is 1. The summed E-state index contributed by atoms with van der Waals surface area (Å²) in [4.78, 5) is 91.8. The normalized spacial score (nSPS) is 16.3. The maximum atomic E-state index is 13.6. The van der Waals surface area contributed by atoms with Crippen LogP contribution in [0.25, 0.3) is 75.9 Å². The number of carboxylic acids is 1. The molecule has 0 spiro atoms. The van der Waals surface area contributed by atoms with Gasteiger partial charge in [0.05, 0.1) is 124 Å². The molecule has 0 amide bonds. The number of carboxylic acid groups (broad SMARTS) is 1. The first kappa shape index (κ1) is 67.6. The van der Waals surface area contributed by atoms with Gasteiger partial charge in [0.2, 0.25) is 5.60 Å². The third kappa shape index (κ3) is 17.1. The van der Waals surface area contributed by atoms with E-state index in [-0.39, 0.29) is 83.1 Å². The number of benzene rings is 2. The van der Waals surface area contributed by atoms with Crippen molar-refractivity contribution in [1.82, 2.24) is 19.1 Å². The second-order valence-corrected chi connectivity index (χ2v) is 19.5. The third-order valence-electron chi connectivity index (χ3n) is 13.9. The minimum Gasteiger partial charge on any atom is -0.480 e. The minimum absolute atomic E-state index is 0. The lowest BCUT2D eigenvalue weighted by atomic mass is 9.85. The zero-order chi connectivity index (χ0) is 63.9. The number of fused-ring (bicyclic) bond motifs is 10. The van der Waals surface area contributed by atoms with Gasteiger partial charge in [0, 0.05) is 68.5 Å². The Morgan fingerprint density at radius 2 is 1.08 bits per heavy atom. The Morgan fingerprint density at radius 3 is 1.53 bits per heavy atom. The molecule has 10 rings (SSSR count). The van der Waals surface area contributed by atoms with Gasteiger partial charge in [-0.1, -0.05) is 73.0 Å². The molecule has 4 aliphatic rings. The van der Waals surface area contributed by atoms with Crippen molar-refractivity contribution in [3.05, 3.63) is 158 Å². The highest BCUT2D eigenvalue weighted by molar-refractivity contribution is 7.16. The molecule has 0 radical (unpaired) electrons. The van der Waals surface area contributed by atoms with E-state index in [9.17, 15) is 33.9 Å². The minimum atomic E-state index is -1.79. The number of aliphatic carboxylic acids is 1. The summed E-state index contributed by atoms with van der Waals surface area (Å²) in [5.41, 5.74) is 26.9. The van der Waals surface area contributed by atoms with Crippen molar-refractivity contribution in [2.75, 3.05) is 98.6 Å². The molecule has 4 atom stereocenters. The molecular weight excluding hydrogens is 1180 g/mol. The number of rotatable bonds is 26. The molecule has 31 heteroatoms. The summed E-state index contributed by atoms with van der Waals surface area (Å²) in [6.07, 6.45) is -0.524. The van der Waals surface area contributed by atoms with Gasteiger partial charge in [-0.2, -0.15) is 0 Å². The quantitative estimate of drug-likeness (QED) is 0.0102. The second kappa shape index (κ2) is 34.0. The van der Waals surface area contributed by atoms with E-state index in [1.165, 1.54) is 0 Å². The van der Waals surface area contributed by atoms with Crippen LogP contribution in [0, 0.1) is 0 Å². The summed E-state index contributed by atoms with van der Waals surface area (Å²) in [5, 5.41) is 30.6. The van der Waals surface area contributed by atoms with Crippen LogP contribution in [-0.2, 0) is 99.3 Å². The molecule has 0 aliphatic carbocycles. The highest BCUT2D eigenvalue weighted by atomic mass is 31.0. The summed E-state index contributed by atoms with van der Waals surface area (Å²) < 4.78 is 56.8. The number of pyridine rings is 4. The van der Waals surface area contributed by atoms with Gasteiger partial charge in [0.1, 0.15) is 26.4 Å². The molecule has 0 fully saturated rings. The van der Waals surface area contributed by atoms with Gasteiger partial charge in [-0.15, -0.1) is 9.24 Å². The van der Waals surface area contributed by atoms with Crippen LogP contribution in [0.5, 0.6) is 0 Å². The number of carbonyl (C=O) groups is 4. The fourth-order valence-corrected chi connectivity index (χ4v) is 9.82. The number of hydrogen-bond donors (Lipinski definition) is 2. The third-order valence-corrected chi connectivity index (χ3v) is 14.1. The van der Waals surface area contributed by atoms with Crippen LogP contribution in [0.4, 0.5) is 0 Å². The van der Waals surface area contributed by atoms with Crippen molar-refractivity contribution < 1.29 is 73.4 Å². The second-order valence-electron chi connectivity index (χ2n) is 19.2. The summed E-state index contributed by atoms with van der Waals surface area (Å²) in [6, 6.07) is 23.0. The van der Waals surface area contributed by atoms with Crippen LogP contribution < -0.4 is 11.1 Å². The van der Waals surface area contributed by atoms with Gasteiger partial charge >= 0.3 is 23.9 Å². The number of para-hydroxylation sites is 2. The number of cyclic esters (lactones) is 2. The standard InChI is InChI=1S/C28H29N5O8.C20H16N2O4.C8H15N3O5.CH4N3P.CH4/c1-2-28(41-24(34)17-39-12-11-38-10-9-37-8-7-30-32-29)21-14-23-25-19(13-18-5-3-4-6-22(18)31-25)15-33(23)26(35)20(21)16-40-27(28)36;1-2-20(25)14-8-16-17-12(7-11-5-3-4-6-15(11)21-17)9-22(16)18(23)13(14)10-26-19(20)24;9-11-10-1-2-14-3-4-15-5-6-16-7-8(12)13;2-4-3-1-5;/h3-6,13-14H,2,7-12,15-17H2,1H3;3-8,25H,2,9-10H2,1H3;1-7H2,(H,12,13);1,5H2;1H4/t28-;20-;;;/m00.../s1/i;;;1T;. The first-order chi connectivity index (χ1) is 43.0. The van der Waals surface area contributed by atoms with Gasteiger partial charge in [-0.25, -0.2) is 29.1 Å². The van der Waals surface area contributed by atoms with E-state index in [1.54, 1.807) is 35.1 Å². The Morgan fingerprint density at radius 1 is 0.640 bits per heavy atom. The molecule has 6 aromatic rings. The van der Waals surface area contributed by atoms with Crippen LogP contribution in [0.15, 0.2) is 97.7 Å². The largest absolute Gasteiger partial charge is 0.480 e. The van der Waals surface area contributed by atoms with Gasteiger partial charge < -0.3 is 62.0 Å². The maximum absolute atomic E-state index is 13.6.